The van der Waals surface area contributed by atoms with Crippen LogP contribution in [-0.2, 0) is 5.41 Å². The summed E-state index contributed by atoms with van der Waals surface area (Å²) in [5, 5.41) is 14.4. The molecule has 0 aliphatic heterocycles. The van der Waals surface area contributed by atoms with Crippen LogP contribution in [0.3, 0.4) is 0 Å². The number of thiophene rings is 1. The first kappa shape index (κ1) is 15.2. The predicted octanol–water partition coefficient (Wildman–Crippen LogP) is 4.31. The Labute approximate surface area is 127 Å². The Morgan fingerprint density at radius 1 is 1.38 bits per heavy atom. The molecule has 0 saturated carbocycles. The Bertz CT molecular complexity index is 723. The third-order valence-electron chi connectivity index (χ3n) is 3.02. The normalized spacial score (nSPS) is 11.0. The summed E-state index contributed by atoms with van der Waals surface area (Å²) in [7, 11) is 0. The van der Waals surface area contributed by atoms with Crippen LogP contribution in [0.4, 0.5) is 9.39 Å². The summed E-state index contributed by atoms with van der Waals surface area (Å²) in [4.78, 5) is 12.1. The monoisotopic (exact) mass is 302 g/mol. The number of benzene rings is 1. The van der Waals surface area contributed by atoms with Crippen molar-refractivity contribution in [2.45, 2.75) is 26.2 Å². The molecule has 0 aliphatic rings. The van der Waals surface area contributed by atoms with Crippen LogP contribution in [0.15, 0.2) is 29.6 Å². The highest BCUT2D eigenvalue weighted by molar-refractivity contribution is 7.14. The highest BCUT2D eigenvalue weighted by Crippen LogP contribution is 2.35. The minimum absolute atomic E-state index is 0.177. The lowest BCUT2D eigenvalue weighted by Gasteiger charge is -2.17. The van der Waals surface area contributed by atoms with Gasteiger partial charge in [-0.15, -0.1) is 11.3 Å². The van der Waals surface area contributed by atoms with Crippen LogP contribution >= 0.6 is 11.3 Å². The van der Waals surface area contributed by atoms with Gasteiger partial charge in [0.25, 0.3) is 5.91 Å². The third-order valence-corrected chi connectivity index (χ3v) is 3.92. The molecule has 1 aromatic carbocycles. The average Bonchev–Trinajstić information content (AvgIpc) is 2.81. The highest BCUT2D eigenvalue weighted by atomic mass is 32.1. The largest absolute Gasteiger partial charge is 0.312 e. The number of anilines is 1. The molecule has 1 N–H and O–H groups in total. The lowest BCUT2D eigenvalue weighted by Crippen LogP contribution is -2.14. The van der Waals surface area contributed by atoms with Crippen molar-refractivity contribution < 1.29 is 9.18 Å². The van der Waals surface area contributed by atoms with Crippen molar-refractivity contribution in [2.24, 2.45) is 0 Å². The molecule has 0 aliphatic carbocycles. The molecule has 1 heterocycles. The molecule has 1 amide bonds. The summed E-state index contributed by atoms with van der Waals surface area (Å²) in [6, 6.07) is 7.59. The van der Waals surface area contributed by atoms with Gasteiger partial charge in [0, 0.05) is 5.56 Å². The first-order valence-electron chi connectivity index (χ1n) is 6.42. The number of hydrogen-bond donors (Lipinski definition) is 1. The Hall–Kier alpha value is -2.19. The molecule has 0 spiro atoms. The molecular formula is C16H15FN2OS. The van der Waals surface area contributed by atoms with Crippen LogP contribution in [0.2, 0.25) is 0 Å². The second-order valence-electron chi connectivity index (χ2n) is 5.68. The van der Waals surface area contributed by atoms with E-state index in [1.165, 1.54) is 35.6 Å². The molecular weight excluding hydrogens is 287 g/mol. The summed E-state index contributed by atoms with van der Waals surface area (Å²) in [5.41, 5.74) is 1.41. The minimum atomic E-state index is -0.468. The van der Waals surface area contributed by atoms with Gasteiger partial charge in [0.05, 0.1) is 5.56 Å². The van der Waals surface area contributed by atoms with E-state index in [0.717, 1.165) is 5.56 Å². The number of amides is 1. The van der Waals surface area contributed by atoms with Crippen molar-refractivity contribution in [1.82, 2.24) is 0 Å². The Morgan fingerprint density at radius 2 is 2.10 bits per heavy atom. The second kappa shape index (κ2) is 5.66. The Morgan fingerprint density at radius 3 is 2.67 bits per heavy atom. The van der Waals surface area contributed by atoms with Gasteiger partial charge in [-0.25, -0.2) is 4.39 Å². The summed E-state index contributed by atoms with van der Waals surface area (Å²) in [6.07, 6.45) is 0. The fraction of sp³-hybridized carbons (Fsp3) is 0.250. The van der Waals surface area contributed by atoms with Crippen molar-refractivity contribution in [3.8, 4) is 6.07 Å². The summed E-state index contributed by atoms with van der Waals surface area (Å²) >= 11 is 1.31. The molecule has 0 fully saturated rings. The van der Waals surface area contributed by atoms with Crippen LogP contribution < -0.4 is 5.32 Å². The maximum atomic E-state index is 13.1. The molecule has 2 aromatic rings. The molecule has 5 heteroatoms. The van der Waals surface area contributed by atoms with E-state index in [1.807, 2.05) is 26.2 Å². The summed E-state index contributed by atoms with van der Waals surface area (Å²) in [5.74, 6) is -0.891. The van der Waals surface area contributed by atoms with Gasteiger partial charge in [-0.1, -0.05) is 26.8 Å². The van der Waals surface area contributed by atoms with Gasteiger partial charge in [0.15, 0.2) is 0 Å². The van der Waals surface area contributed by atoms with E-state index >= 15 is 0 Å². The number of nitriles is 1. The fourth-order valence-corrected chi connectivity index (χ4v) is 3.05. The van der Waals surface area contributed by atoms with Gasteiger partial charge >= 0.3 is 0 Å². The maximum Gasteiger partial charge on any atom is 0.256 e. The van der Waals surface area contributed by atoms with Gasteiger partial charge in [-0.2, -0.15) is 5.26 Å². The number of nitrogens with zero attached hydrogens (tertiary/aromatic N) is 1. The van der Waals surface area contributed by atoms with Gasteiger partial charge in [0.2, 0.25) is 0 Å². The van der Waals surface area contributed by atoms with Gasteiger partial charge in [-0.05, 0) is 34.6 Å². The summed E-state index contributed by atoms with van der Waals surface area (Å²) < 4.78 is 13.1. The smallest absolute Gasteiger partial charge is 0.256 e. The van der Waals surface area contributed by atoms with Crippen molar-refractivity contribution in [2.75, 3.05) is 5.32 Å². The molecule has 108 valence electrons. The molecule has 2 rings (SSSR count). The first-order valence-corrected chi connectivity index (χ1v) is 7.30. The van der Waals surface area contributed by atoms with Crippen LogP contribution in [0.25, 0.3) is 0 Å². The molecule has 0 bridgehead atoms. The van der Waals surface area contributed by atoms with Crippen LogP contribution in [-0.4, -0.2) is 5.91 Å². The average molecular weight is 302 g/mol. The van der Waals surface area contributed by atoms with Crippen molar-refractivity contribution >= 4 is 22.2 Å². The topological polar surface area (TPSA) is 52.9 Å². The molecule has 0 atom stereocenters. The fourth-order valence-electron chi connectivity index (χ4n) is 1.92. The van der Waals surface area contributed by atoms with E-state index in [-0.39, 0.29) is 11.0 Å². The Kier molecular flexibility index (Phi) is 4.10. The number of halogens is 1. The van der Waals surface area contributed by atoms with Crippen LogP contribution in [0.1, 0.15) is 42.3 Å². The van der Waals surface area contributed by atoms with Crippen molar-refractivity contribution in [3.05, 3.63) is 52.2 Å². The second-order valence-corrected chi connectivity index (χ2v) is 6.56. The Balaban J connectivity index is 2.31. The number of hydrogen-bond acceptors (Lipinski definition) is 3. The zero-order valence-corrected chi connectivity index (χ0v) is 12.8. The third kappa shape index (κ3) is 3.29. The molecule has 1 aromatic heterocycles. The van der Waals surface area contributed by atoms with E-state index in [4.69, 9.17) is 0 Å². The van der Waals surface area contributed by atoms with E-state index in [0.29, 0.717) is 10.6 Å². The van der Waals surface area contributed by atoms with Gasteiger partial charge in [0.1, 0.15) is 16.9 Å². The van der Waals surface area contributed by atoms with E-state index in [9.17, 15) is 14.4 Å². The molecule has 3 nitrogen and oxygen atoms in total. The molecule has 0 unspecified atom stereocenters. The van der Waals surface area contributed by atoms with Gasteiger partial charge < -0.3 is 5.32 Å². The van der Waals surface area contributed by atoms with Crippen molar-refractivity contribution in [1.29, 1.82) is 5.26 Å². The van der Waals surface area contributed by atoms with E-state index in [2.05, 4.69) is 11.4 Å². The summed E-state index contributed by atoms with van der Waals surface area (Å²) in [6.45, 7) is 6.02. The standard InChI is InChI=1S/C16H15FN2OS/c1-16(2,3)13-9-21-15(12(13)8-18)19-14(20)10-5-4-6-11(17)7-10/h4-7,9H,1-3H3,(H,19,20). The molecule has 0 saturated heterocycles. The zero-order chi connectivity index (χ0) is 15.6. The number of nitrogens with one attached hydrogen (secondary N) is 1. The molecule has 21 heavy (non-hydrogen) atoms. The quantitative estimate of drug-likeness (QED) is 0.898. The minimum Gasteiger partial charge on any atom is -0.312 e. The number of rotatable bonds is 2. The lowest BCUT2D eigenvalue weighted by molar-refractivity contribution is 0.102. The maximum absolute atomic E-state index is 13.1. The van der Waals surface area contributed by atoms with Crippen molar-refractivity contribution in [3.63, 3.8) is 0 Å². The van der Waals surface area contributed by atoms with Gasteiger partial charge in [-0.3, -0.25) is 4.79 Å². The molecule has 0 radical (unpaired) electrons. The van der Waals surface area contributed by atoms with E-state index in [1.54, 1.807) is 0 Å². The number of carbonyl (C=O) groups excluding carboxylic acids is 1. The zero-order valence-electron chi connectivity index (χ0n) is 12.0. The van der Waals surface area contributed by atoms with Crippen LogP contribution in [0, 0.1) is 17.1 Å². The van der Waals surface area contributed by atoms with Crippen LogP contribution in [0.5, 0.6) is 0 Å². The number of carbonyl (C=O) groups is 1. The lowest BCUT2D eigenvalue weighted by atomic mass is 9.86. The SMILES string of the molecule is CC(C)(C)c1csc(NC(=O)c2cccc(F)c2)c1C#N. The predicted molar refractivity (Wildman–Crippen MR) is 82.1 cm³/mol. The first-order chi connectivity index (χ1) is 9.82. The van der Waals surface area contributed by atoms with E-state index < -0.39 is 11.7 Å². The highest BCUT2D eigenvalue weighted by Gasteiger charge is 2.23.